The molecule has 1 aromatic carbocycles. The lowest BCUT2D eigenvalue weighted by Gasteiger charge is -2.37. The molecule has 124 valence electrons. The molecule has 1 aliphatic rings. The van der Waals surface area contributed by atoms with Gasteiger partial charge in [-0.2, -0.15) is 0 Å². The van der Waals surface area contributed by atoms with Gasteiger partial charge >= 0.3 is 0 Å². The molecule has 0 spiro atoms. The lowest BCUT2D eigenvalue weighted by atomic mass is 10.0. The lowest BCUT2D eigenvalue weighted by Crippen LogP contribution is -3.22. The van der Waals surface area contributed by atoms with Crippen molar-refractivity contribution in [2.75, 3.05) is 32.8 Å². The van der Waals surface area contributed by atoms with Gasteiger partial charge in [-0.1, -0.05) is 29.3 Å². The quantitative estimate of drug-likeness (QED) is 0.814. The normalized spacial score (nSPS) is 17.6. The molecule has 0 atom stereocenters. The van der Waals surface area contributed by atoms with E-state index in [1.165, 1.54) is 17.0 Å². The van der Waals surface area contributed by atoms with Gasteiger partial charge in [0.05, 0.1) is 29.8 Å². The SMILES string of the molecule is CC(C)(CNS(=O)(=O)c1c(Cl)cccc1Cl)[NH+]1CCOCC1. The Morgan fingerprint density at radius 1 is 1.23 bits per heavy atom. The van der Waals surface area contributed by atoms with Crippen LogP contribution < -0.4 is 9.62 Å². The highest BCUT2D eigenvalue weighted by Gasteiger charge is 2.34. The number of ether oxygens (including phenoxy) is 1. The number of rotatable bonds is 5. The number of morpholine rings is 1. The molecule has 0 amide bonds. The van der Waals surface area contributed by atoms with Crippen LogP contribution in [-0.2, 0) is 14.8 Å². The van der Waals surface area contributed by atoms with Crippen molar-refractivity contribution >= 4 is 33.2 Å². The van der Waals surface area contributed by atoms with Crippen LogP contribution in [0.3, 0.4) is 0 Å². The minimum absolute atomic E-state index is 0.0638. The summed E-state index contributed by atoms with van der Waals surface area (Å²) in [7, 11) is -3.75. The highest BCUT2D eigenvalue weighted by Crippen LogP contribution is 2.28. The first-order valence-electron chi connectivity index (χ1n) is 7.11. The predicted molar refractivity (Wildman–Crippen MR) is 87.2 cm³/mol. The van der Waals surface area contributed by atoms with E-state index in [1.54, 1.807) is 6.07 Å². The Hall–Kier alpha value is -0.370. The van der Waals surface area contributed by atoms with Crippen molar-refractivity contribution in [3.05, 3.63) is 28.2 Å². The lowest BCUT2D eigenvalue weighted by molar-refractivity contribution is -0.954. The first-order valence-corrected chi connectivity index (χ1v) is 9.34. The maximum Gasteiger partial charge on any atom is 0.243 e. The third-order valence-electron chi connectivity index (χ3n) is 3.95. The first-order chi connectivity index (χ1) is 10.2. The summed E-state index contributed by atoms with van der Waals surface area (Å²) in [6, 6.07) is 4.65. The van der Waals surface area contributed by atoms with E-state index in [-0.39, 0.29) is 20.5 Å². The zero-order valence-corrected chi connectivity index (χ0v) is 15.0. The van der Waals surface area contributed by atoms with Gasteiger partial charge in [0.15, 0.2) is 0 Å². The number of hydrogen-bond acceptors (Lipinski definition) is 3. The smallest absolute Gasteiger partial charge is 0.243 e. The van der Waals surface area contributed by atoms with Gasteiger partial charge in [0.25, 0.3) is 0 Å². The first kappa shape index (κ1) is 18.0. The fourth-order valence-corrected chi connectivity index (χ4v) is 4.86. The van der Waals surface area contributed by atoms with Crippen molar-refractivity contribution in [3.63, 3.8) is 0 Å². The fraction of sp³-hybridized carbons (Fsp3) is 0.571. The minimum atomic E-state index is -3.75. The van der Waals surface area contributed by atoms with Crippen molar-refractivity contribution in [2.24, 2.45) is 0 Å². The predicted octanol–water partition coefficient (Wildman–Crippen LogP) is 0.965. The van der Waals surface area contributed by atoms with Crippen LogP contribution in [-0.4, -0.2) is 46.8 Å². The average molecular weight is 368 g/mol. The molecule has 1 aliphatic heterocycles. The Morgan fingerprint density at radius 2 is 1.77 bits per heavy atom. The maximum absolute atomic E-state index is 12.5. The summed E-state index contributed by atoms with van der Waals surface area (Å²) in [6.45, 7) is 7.48. The summed E-state index contributed by atoms with van der Waals surface area (Å²) in [5, 5.41) is 0.244. The topological polar surface area (TPSA) is 59.8 Å². The number of quaternary nitrogens is 1. The van der Waals surface area contributed by atoms with Crippen molar-refractivity contribution in [1.29, 1.82) is 0 Å². The molecule has 0 bridgehead atoms. The van der Waals surface area contributed by atoms with Crippen LogP contribution in [0.15, 0.2) is 23.1 Å². The van der Waals surface area contributed by atoms with Crippen molar-refractivity contribution in [3.8, 4) is 0 Å². The summed E-state index contributed by atoms with van der Waals surface area (Å²) < 4.78 is 33.0. The Kier molecular flexibility index (Phi) is 5.74. The Balaban J connectivity index is 2.12. The highest BCUT2D eigenvalue weighted by atomic mass is 35.5. The summed E-state index contributed by atoms with van der Waals surface area (Å²) in [5.74, 6) is 0. The molecule has 1 heterocycles. The van der Waals surface area contributed by atoms with E-state index in [1.807, 2.05) is 13.8 Å². The zero-order valence-electron chi connectivity index (χ0n) is 12.7. The van der Waals surface area contributed by atoms with Crippen LogP contribution in [0.25, 0.3) is 0 Å². The van der Waals surface area contributed by atoms with Crippen molar-refractivity contribution in [1.82, 2.24) is 4.72 Å². The minimum Gasteiger partial charge on any atom is -0.370 e. The average Bonchev–Trinajstić information content (AvgIpc) is 2.46. The summed E-state index contributed by atoms with van der Waals surface area (Å²) in [4.78, 5) is 1.25. The molecule has 0 aromatic heterocycles. The molecule has 1 aromatic rings. The third-order valence-corrected chi connectivity index (χ3v) is 6.30. The van der Waals surface area contributed by atoms with Crippen molar-refractivity contribution in [2.45, 2.75) is 24.3 Å². The number of nitrogens with one attached hydrogen (secondary N) is 2. The summed E-state index contributed by atoms with van der Waals surface area (Å²) >= 11 is 12.0. The molecule has 2 N–H and O–H groups in total. The van der Waals surface area contributed by atoms with Gasteiger partial charge in [0.1, 0.15) is 23.5 Å². The third kappa shape index (κ3) is 4.13. The van der Waals surface area contributed by atoms with Gasteiger partial charge in [0.2, 0.25) is 10.0 Å². The van der Waals surface area contributed by atoms with E-state index >= 15 is 0 Å². The fourth-order valence-electron chi connectivity index (χ4n) is 2.51. The molecule has 1 saturated heterocycles. The van der Waals surface area contributed by atoms with Crippen LogP contribution in [0.5, 0.6) is 0 Å². The van der Waals surface area contributed by atoms with E-state index < -0.39 is 10.0 Å². The Labute approximate surface area is 141 Å². The molecular weight excluding hydrogens is 347 g/mol. The van der Waals surface area contributed by atoms with Gasteiger partial charge in [-0.15, -0.1) is 0 Å². The molecule has 1 fully saturated rings. The summed E-state index contributed by atoms with van der Waals surface area (Å²) in [6.07, 6.45) is 0. The van der Waals surface area contributed by atoms with E-state index in [9.17, 15) is 8.42 Å². The number of halogens is 2. The number of hydrogen-bond donors (Lipinski definition) is 2. The van der Waals surface area contributed by atoms with Gasteiger partial charge in [-0.25, -0.2) is 13.1 Å². The van der Waals surface area contributed by atoms with Gasteiger partial charge in [-0.05, 0) is 26.0 Å². The molecule has 0 aliphatic carbocycles. The molecule has 5 nitrogen and oxygen atoms in total. The van der Waals surface area contributed by atoms with E-state index in [2.05, 4.69) is 4.72 Å². The highest BCUT2D eigenvalue weighted by molar-refractivity contribution is 7.89. The van der Waals surface area contributed by atoms with E-state index in [0.29, 0.717) is 19.8 Å². The van der Waals surface area contributed by atoms with E-state index in [0.717, 1.165) is 13.1 Å². The number of benzene rings is 1. The van der Waals surface area contributed by atoms with E-state index in [4.69, 9.17) is 27.9 Å². The zero-order chi connectivity index (χ0) is 16.4. The van der Waals surface area contributed by atoms with Crippen LogP contribution in [0.4, 0.5) is 0 Å². The van der Waals surface area contributed by atoms with Crippen LogP contribution in [0, 0.1) is 0 Å². The second-order valence-corrected chi connectivity index (χ2v) is 8.49. The standard InChI is InChI=1S/C14H20Cl2N2O3S/c1-14(2,18-6-8-21-9-7-18)10-17-22(19,20)13-11(15)4-3-5-12(13)16/h3-5,17H,6-10H2,1-2H3/p+1. The molecule has 2 rings (SSSR count). The van der Waals surface area contributed by atoms with Gasteiger partial charge in [0, 0.05) is 0 Å². The molecule has 0 radical (unpaired) electrons. The van der Waals surface area contributed by atoms with Crippen LogP contribution >= 0.6 is 23.2 Å². The molecule has 22 heavy (non-hydrogen) atoms. The summed E-state index contributed by atoms with van der Waals surface area (Å²) in [5.41, 5.74) is -0.245. The van der Waals surface area contributed by atoms with Gasteiger partial charge < -0.3 is 9.64 Å². The second kappa shape index (κ2) is 7.03. The Bertz CT molecular complexity index is 609. The monoisotopic (exact) mass is 367 g/mol. The second-order valence-electron chi connectivity index (χ2n) is 5.98. The molecule has 8 heteroatoms. The molecular formula is C14H21Cl2N2O3S+. The number of sulfonamides is 1. The largest absolute Gasteiger partial charge is 0.370 e. The van der Waals surface area contributed by atoms with Crippen molar-refractivity contribution < 1.29 is 18.1 Å². The molecule has 0 saturated carbocycles. The van der Waals surface area contributed by atoms with Crippen LogP contribution in [0.1, 0.15) is 13.8 Å². The van der Waals surface area contributed by atoms with Crippen LogP contribution in [0.2, 0.25) is 10.0 Å². The maximum atomic E-state index is 12.5. The molecule has 0 unspecified atom stereocenters. The Morgan fingerprint density at radius 3 is 2.32 bits per heavy atom. The van der Waals surface area contributed by atoms with Gasteiger partial charge in [-0.3, -0.25) is 0 Å².